The minimum absolute atomic E-state index is 0.0875. The summed E-state index contributed by atoms with van der Waals surface area (Å²) in [5.74, 6) is 5.84. The highest BCUT2D eigenvalue weighted by Crippen LogP contribution is 2.29. The molecule has 1 aromatic rings. The van der Waals surface area contributed by atoms with Gasteiger partial charge in [-0.1, -0.05) is 12.1 Å². The van der Waals surface area contributed by atoms with Gasteiger partial charge < -0.3 is 4.74 Å². The molecule has 16 heavy (non-hydrogen) atoms. The van der Waals surface area contributed by atoms with Crippen LogP contribution in [0.4, 0.5) is 4.39 Å². The van der Waals surface area contributed by atoms with Gasteiger partial charge in [0.15, 0.2) is 0 Å². The summed E-state index contributed by atoms with van der Waals surface area (Å²) in [5, 5.41) is 0. The first-order chi connectivity index (χ1) is 7.81. The van der Waals surface area contributed by atoms with Crippen molar-refractivity contribution in [3.63, 3.8) is 0 Å². The SMILES string of the molecule is NNC(c1ccc(F)cc1)C1CCOCC1. The lowest BCUT2D eigenvalue weighted by Gasteiger charge is -2.30. The normalized spacial score (nSPS) is 19.6. The van der Waals surface area contributed by atoms with Crippen molar-refractivity contribution in [1.29, 1.82) is 0 Å². The van der Waals surface area contributed by atoms with E-state index < -0.39 is 0 Å². The Morgan fingerprint density at radius 1 is 1.25 bits per heavy atom. The van der Waals surface area contributed by atoms with E-state index in [1.807, 2.05) is 0 Å². The maximum absolute atomic E-state index is 12.8. The van der Waals surface area contributed by atoms with Gasteiger partial charge in [-0.2, -0.15) is 0 Å². The average molecular weight is 224 g/mol. The monoisotopic (exact) mass is 224 g/mol. The van der Waals surface area contributed by atoms with Gasteiger partial charge in [0.05, 0.1) is 0 Å². The second-order valence-electron chi connectivity index (χ2n) is 4.15. The van der Waals surface area contributed by atoms with Crippen LogP contribution in [0.1, 0.15) is 24.4 Å². The fraction of sp³-hybridized carbons (Fsp3) is 0.500. The number of nitrogens with two attached hydrogens (primary N) is 1. The van der Waals surface area contributed by atoms with Crippen LogP contribution in [0.3, 0.4) is 0 Å². The van der Waals surface area contributed by atoms with Crippen molar-refractivity contribution >= 4 is 0 Å². The summed E-state index contributed by atoms with van der Waals surface area (Å²) in [6.07, 6.45) is 1.98. The Morgan fingerprint density at radius 3 is 2.44 bits per heavy atom. The highest BCUT2D eigenvalue weighted by atomic mass is 19.1. The first kappa shape index (κ1) is 11.5. The standard InChI is InChI=1S/C12H17FN2O/c13-11-3-1-9(2-4-11)12(15-14)10-5-7-16-8-6-10/h1-4,10,12,15H,5-8,14H2. The summed E-state index contributed by atoms with van der Waals surface area (Å²) in [6, 6.07) is 6.60. The number of nitrogens with one attached hydrogen (secondary N) is 1. The number of hydrazine groups is 1. The molecule has 88 valence electrons. The third-order valence-corrected chi connectivity index (χ3v) is 3.15. The third kappa shape index (κ3) is 2.58. The van der Waals surface area contributed by atoms with Crippen molar-refractivity contribution in [3.8, 4) is 0 Å². The van der Waals surface area contributed by atoms with Gasteiger partial charge in [0, 0.05) is 19.3 Å². The van der Waals surface area contributed by atoms with Gasteiger partial charge in [-0.05, 0) is 36.5 Å². The molecule has 1 aliphatic heterocycles. The average Bonchev–Trinajstić information content (AvgIpc) is 2.34. The predicted octanol–water partition coefficient (Wildman–Crippen LogP) is 1.76. The molecule has 2 rings (SSSR count). The molecule has 1 unspecified atom stereocenters. The molecule has 0 saturated carbocycles. The van der Waals surface area contributed by atoms with Gasteiger partial charge in [0.2, 0.25) is 0 Å². The van der Waals surface area contributed by atoms with Gasteiger partial charge >= 0.3 is 0 Å². The molecule has 3 N–H and O–H groups in total. The van der Waals surface area contributed by atoms with Crippen LogP contribution in [-0.2, 0) is 4.74 Å². The third-order valence-electron chi connectivity index (χ3n) is 3.15. The molecule has 1 atom stereocenters. The number of benzene rings is 1. The van der Waals surface area contributed by atoms with Crippen LogP contribution in [0.25, 0.3) is 0 Å². The fourth-order valence-corrected chi connectivity index (χ4v) is 2.22. The van der Waals surface area contributed by atoms with E-state index in [1.54, 1.807) is 12.1 Å². The summed E-state index contributed by atoms with van der Waals surface area (Å²) in [5.41, 5.74) is 3.87. The van der Waals surface area contributed by atoms with Crippen LogP contribution < -0.4 is 11.3 Å². The Bertz CT molecular complexity index is 322. The van der Waals surface area contributed by atoms with E-state index in [1.165, 1.54) is 12.1 Å². The predicted molar refractivity (Wildman–Crippen MR) is 60.0 cm³/mol. The molecule has 1 saturated heterocycles. The Morgan fingerprint density at radius 2 is 1.88 bits per heavy atom. The molecule has 0 amide bonds. The van der Waals surface area contributed by atoms with Gasteiger partial charge in [-0.15, -0.1) is 0 Å². The highest BCUT2D eigenvalue weighted by Gasteiger charge is 2.24. The highest BCUT2D eigenvalue weighted by molar-refractivity contribution is 5.20. The molecule has 1 aliphatic rings. The molecule has 4 heteroatoms. The zero-order valence-electron chi connectivity index (χ0n) is 9.16. The lowest BCUT2D eigenvalue weighted by Crippen LogP contribution is -2.36. The summed E-state index contributed by atoms with van der Waals surface area (Å²) in [7, 11) is 0. The molecule has 3 nitrogen and oxygen atoms in total. The smallest absolute Gasteiger partial charge is 0.123 e. The Kier molecular flexibility index (Phi) is 3.88. The Labute approximate surface area is 94.8 Å². The van der Waals surface area contributed by atoms with Gasteiger partial charge in [0.1, 0.15) is 5.82 Å². The second-order valence-corrected chi connectivity index (χ2v) is 4.15. The first-order valence-corrected chi connectivity index (χ1v) is 5.60. The molecule has 0 spiro atoms. The van der Waals surface area contributed by atoms with Crippen molar-refractivity contribution < 1.29 is 9.13 Å². The molecule has 1 fully saturated rings. The zero-order valence-corrected chi connectivity index (χ0v) is 9.16. The van der Waals surface area contributed by atoms with Crippen molar-refractivity contribution in [2.24, 2.45) is 11.8 Å². The second kappa shape index (κ2) is 5.39. The summed E-state index contributed by atoms with van der Waals surface area (Å²) in [6.45, 7) is 1.56. The van der Waals surface area contributed by atoms with E-state index in [0.717, 1.165) is 31.6 Å². The summed E-state index contributed by atoms with van der Waals surface area (Å²) in [4.78, 5) is 0. The largest absolute Gasteiger partial charge is 0.381 e. The number of hydrogen-bond acceptors (Lipinski definition) is 3. The molecular weight excluding hydrogens is 207 g/mol. The molecule has 1 heterocycles. The van der Waals surface area contributed by atoms with Gasteiger partial charge in [0.25, 0.3) is 0 Å². The van der Waals surface area contributed by atoms with Crippen molar-refractivity contribution in [1.82, 2.24) is 5.43 Å². The molecule has 0 radical (unpaired) electrons. The van der Waals surface area contributed by atoms with Crippen LogP contribution in [0.2, 0.25) is 0 Å². The number of hydrogen-bond donors (Lipinski definition) is 2. The number of halogens is 1. The summed E-state index contributed by atoms with van der Waals surface area (Å²) >= 11 is 0. The molecular formula is C12H17FN2O. The first-order valence-electron chi connectivity index (χ1n) is 5.60. The molecule has 0 aromatic heterocycles. The zero-order chi connectivity index (χ0) is 11.4. The van der Waals surface area contributed by atoms with E-state index >= 15 is 0 Å². The van der Waals surface area contributed by atoms with Gasteiger partial charge in [-0.25, -0.2) is 4.39 Å². The lowest BCUT2D eigenvalue weighted by atomic mass is 9.87. The fourth-order valence-electron chi connectivity index (χ4n) is 2.22. The van der Waals surface area contributed by atoms with Crippen LogP contribution in [-0.4, -0.2) is 13.2 Å². The number of ether oxygens (including phenoxy) is 1. The van der Waals surface area contributed by atoms with Crippen LogP contribution >= 0.6 is 0 Å². The van der Waals surface area contributed by atoms with Crippen LogP contribution in [0, 0.1) is 11.7 Å². The van der Waals surface area contributed by atoms with Crippen LogP contribution in [0.15, 0.2) is 24.3 Å². The van der Waals surface area contributed by atoms with Crippen molar-refractivity contribution in [2.45, 2.75) is 18.9 Å². The summed E-state index contributed by atoms with van der Waals surface area (Å²) < 4.78 is 18.1. The Hall–Kier alpha value is -0.970. The van der Waals surface area contributed by atoms with E-state index in [4.69, 9.17) is 10.6 Å². The Balaban J connectivity index is 2.11. The maximum Gasteiger partial charge on any atom is 0.123 e. The molecule has 0 bridgehead atoms. The van der Waals surface area contributed by atoms with E-state index in [-0.39, 0.29) is 11.9 Å². The van der Waals surface area contributed by atoms with E-state index in [2.05, 4.69) is 5.43 Å². The molecule has 1 aromatic carbocycles. The molecule has 0 aliphatic carbocycles. The van der Waals surface area contributed by atoms with E-state index in [0.29, 0.717) is 5.92 Å². The van der Waals surface area contributed by atoms with Crippen LogP contribution in [0.5, 0.6) is 0 Å². The maximum atomic E-state index is 12.8. The van der Waals surface area contributed by atoms with Crippen molar-refractivity contribution in [2.75, 3.05) is 13.2 Å². The van der Waals surface area contributed by atoms with E-state index in [9.17, 15) is 4.39 Å². The minimum Gasteiger partial charge on any atom is -0.381 e. The topological polar surface area (TPSA) is 47.3 Å². The van der Waals surface area contributed by atoms with Crippen molar-refractivity contribution in [3.05, 3.63) is 35.6 Å². The number of rotatable bonds is 3. The van der Waals surface area contributed by atoms with Gasteiger partial charge in [-0.3, -0.25) is 11.3 Å². The quantitative estimate of drug-likeness (QED) is 0.607. The minimum atomic E-state index is -0.216. The lowest BCUT2D eigenvalue weighted by molar-refractivity contribution is 0.0536.